The molecule has 0 atom stereocenters. The molecule has 12 rings (SSSR count). The highest BCUT2D eigenvalue weighted by Gasteiger charge is 2.40. The predicted octanol–water partition coefficient (Wildman–Crippen LogP) is 13.9. The van der Waals surface area contributed by atoms with Crippen molar-refractivity contribution in [3.8, 4) is 0 Å². The van der Waals surface area contributed by atoms with Crippen LogP contribution in [0, 0.1) is 6.92 Å². The largest absolute Gasteiger partial charge is 0.268 e. The minimum atomic E-state index is -0.306. The number of amides is 4. The van der Waals surface area contributed by atoms with E-state index in [0.717, 1.165) is 86.9 Å². The molecule has 0 aliphatic carbocycles. The van der Waals surface area contributed by atoms with Crippen LogP contribution in [0.3, 0.4) is 0 Å². The molecule has 0 unspecified atom stereocenters. The third-order valence-electron chi connectivity index (χ3n) is 14.1. The number of aryl methyl sites for hydroxylation is 1. The second-order valence-corrected chi connectivity index (χ2v) is 18.4. The van der Waals surface area contributed by atoms with Gasteiger partial charge in [0.15, 0.2) is 0 Å². The van der Waals surface area contributed by atoms with Crippen molar-refractivity contribution in [1.29, 1.82) is 0 Å². The molecule has 300 valence electrons. The molecule has 0 bridgehead atoms. The maximum absolute atomic E-state index is 14.8. The Hall–Kier alpha value is -7.18. The zero-order chi connectivity index (χ0) is 42.8. The third kappa shape index (κ3) is 4.44. The van der Waals surface area contributed by atoms with Gasteiger partial charge in [-0.25, -0.2) is 9.80 Å². The van der Waals surface area contributed by atoms with Gasteiger partial charge in [0.05, 0.1) is 11.4 Å². The topological polar surface area (TPSA) is 74.8 Å². The van der Waals surface area contributed by atoms with Gasteiger partial charge in [-0.2, -0.15) is 0 Å². The first-order chi connectivity index (χ1) is 29.9. The Morgan fingerprint density at radius 2 is 0.581 bits per heavy atom. The van der Waals surface area contributed by atoms with E-state index < -0.39 is 0 Å². The molecule has 4 amide bonds. The number of rotatable bonds is 5. The number of imide groups is 2. The maximum Gasteiger partial charge on any atom is 0.266 e. The van der Waals surface area contributed by atoms with E-state index in [0.29, 0.717) is 44.4 Å². The summed E-state index contributed by atoms with van der Waals surface area (Å²) in [6.07, 6.45) is 0. The van der Waals surface area contributed by atoms with Crippen LogP contribution in [0.5, 0.6) is 0 Å². The van der Waals surface area contributed by atoms with E-state index in [-0.39, 0.29) is 41.4 Å². The van der Waals surface area contributed by atoms with Crippen LogP contribution in [0.15, 0.2) is 109 Å². The van der Waals surface area contributed by atoms with Gasteiger partial charge < -0.3 is 0 Å². The quantitative estimate of drug-likeness (QED) is 0.0986. The van der Waals surface area contributed by atoms with Crippen molar-refractivity contribution in [3.05, 3.63) is 154 Å². The molecule has 2 heterocycles. The maximum atomic E-state index is 14.8. The first kappa shape index (κ1) is 36.7. The minimum absolute atomic E-state index is 0.108. The van der Waals surface area contributed by atoms with Crippen molar-refractivity contribution in [2.45, 2.75) is 66.2 Å². The van der Waals surface area contributed by atoms with E-state index in [9.17, 15) is 19.2 Å². The molecule has 6 heteroatoms. The van der Waals surface area contributed by atoms with Crippen molar-refractivity contribution in [1.82, 2.24) is 0 Å². The highest BCUT2D eigenvalue weighted by molar-refractivity contribution is 6.47. The minimum Gasteiger partial charge on any atom is -0.268 e. The van der Waals surface area contributed by atoms with Gasteiger partial charge >= 0.3 is 0 Å². The zero-order valence-corrected chi connectivity index (χ0v) is 35.7. The lowest BCUT2D eigenvalue weighted by Crippen LogP contribution is -2.41. The summed E-state index contributed by atoms with van der Waals surface area (Å²) < 4.78 is 0. The summed E-state index contributed by atoms with van der Waals surface area (Å²) in [4.78, 5) is 61.6. The van der Waals surface area contributed by atoms with Crippen LogP contribution in [0.1, 0.15) is 123 Å². The summed E-state index contributed by atoms with van der Waals surface area (Å²) in [6.45, 7) is 14.5. The second-order valence-electron chi connectivity index (χ2n) is 18.4. The van der Waals surface area contributed by atoms with Crippen LogP contribution >= 0.6 is 0 Å². The van der Waals surface area contributed by atoms with Gasteiger partial charge in [0.2, 0.25) is 0 Å². The average molecular weight is 807 g/mol. The Morgan fingerprint density at radius 1 is 0.323 bits per heavy atom. The molecule has 62 heavy (non-hydrogen) atoms. The van der Waals surface area contributed by atoms with E-state index >= 15 is 0 Å². The van der Waals surface area contributed by atoms with Crippen molar-refractivity contribution in [2.75, 3.05) is 9.80 Å². The Balaban J connectivity index is 1.09. The van der Waals surface area contributed by atoms with Crippen molar-refractivity contribution in [3.63, 3.8) is 0 Å². The summed E-state index contributed by atoms with van der Waals surface area (Å²) in [7, 11) is 0. The average Bonchev–Trinajstić information content (AvgIpc) is 3.26. The lowest BCUT2D eigenvalue weighted by Gasteiger charge is -2.33. The molecule has 10 aromatic rings. The van der Waals surface area contributed by atoms with Gasteiger partial charge in [0, 0.05) is 33.0 Å². The number of fused-ring (bicyclic) bond motifs is 4. The standard InChI is InChI=1S/C56H42N2O4/c1-26(2)30-11-8-10-29(7)51(30)57-53(59)41-22-18-37-33-14-16-35-39-20-24-43-50-44(56(62)58(55(43)61)52-31(27(3)4)12-9-13-32(52)28(5)6)25-21-40(48(39)50)36-17-15-34(45(33)46(35)36)38-19-23-42(54(57)60)49(41)47(37)38/h8-28H,1-7H3. The molecule has 0 saturated carbocycles. The molecular weight excluding hydrogens is 765 g/mol. The fraction of sp³-hybridized carbons (Fsp3) is 0.179. The number of carbonyl (C=O) groups is 4. The van der Waals surface area contributed by atoms with Gasteiger partial charge in [-0.3, -0.25) is 19.2 Å². The predicted molar refractivity (Wildman–Crippen MR) is 254 cm³/mol. The van der Waals surface area contributed by atoms with E-state index in [1.807, 2.05) is 67.6 Å². The monoisotopic (exact) mass is 806 g/mol. The van der Waals surface area contributed by atoms with Crippen LogP contribution in [0.25, 0.3) is 75.4 Å². The molecule has 0 saturated heterocycles. The molecule has 0 aromatic heterocycles. The van der Waals surface area contributed by atoms with Crippen molar-refractivity contribution >= 4 is 110 Å². The Labute approximate surface area is 358 Å². The van der Waals surface area contributed by atoms with Gasteiger partial charge in [-0.05, 0) is 136 Å². The fourth-order valence-corrected chi connectivity index (χ4v) is 11.3. The fourth-order valence-electron chi connectivity index (χ4n) is 11.3. The summed E-state index contributed by atoms with van der Waals surface area (Å²) in [5.74, 6) is -0.874. The number of hydrogen-bond donors (Lipinski definition) is 0. The number of nitrogens with zero attached hydrogens (tertiary/aromatic N) is 2. The van der Waals surface area contributed by atoms with E-state index in [1.165, 1.54) is 9.80 Å². The van der Waals surface area contributed by atoms with E-state index in [1.54, 1.807) is 0 Å². The molecule has 10 aromatic carbocycles. The van der Waals surface area contributed by atoms with Gasteiger partial charge in [-0.15, -0.1) is 0 Å². The SMILES string of the molecule is Cc1cccc(C(C)C)c1N1C(=O)c2ccc3c4ccc5c6ccc7c8c(ccc(c9ccc(c%10ccc(c2c3%10)C1=O)c4c59)c86)C(=O)N(c1c(C(C)C)cccc1C(C)C)C7=O. The Kier molecular flexibility index (Phi) is 7.36. The first-order valence-electron chi connectivity index (χ1n) is 21.7. The van der Waals surface area contributed by atoms with Crippen molar-refractivity contribution in [2.24, 2.45) is 0 Å². The lowest BCUT2D eigenvalue weighted by atomic mass is 9.80. The smallest absolute Gasteiger partial charge is 0.266 e. The second kappa shape index (κ2) is 12.5. The Bertz CT molecular complexity index is 3530. The Morgan fingerprint density at radius 3 is 0.903 bits per heavy atom. The molecule has 2 aliphatic rings. The molecule has 0 spiro atoms. The van der Waals surface area contributed by atoms with Crippen LogP contribution < -0.4 is 9.80 Å². The first-order valence-corrected chi connectivity index (χ1v) is 21.7. The third-order valence-corrected chi connectivity index (χ3v) is 14.1. The number of hydrogen-bond acceptors (Lipinski definition) is 4. The molecule has 2 aliphatic heterocycles. The number of para-hydroxylation sites is 2. The molecule has 0 N–H and O–H groups in total. The molecule has 0 fully saturated rings. The summed E-state index contributed by atoms with van der Waals surface area (Å²) in [5, 5.41) is 13.6. The van der Waals surface area contributed by atoms with Gasteiger partial charge in [0.1, 0.15) is 0 Å². The molecular formula is C56H42N2O4. The lowest BCUT2D eigenvalue weighted by molar-refractivity contribution is 0.0877. The summed E-state index contributed by atoms with van der Waals surface area (Å²) >= 11 is 0. The van der Waals surface area contributed by atoms with Gasteiger partial charge in [0.25, 0.3) is 23.6 Å². The number of carbonyl (C=O) groups excluding carboxylic acids is 4. The van der Waals surface area contributed by atoms with Crippen LogP contribution in [0.2, 0.25) is 0 Å². The molecule has 0 radical (unpaired) electrons. The van der Waals surface area contributed by atoms with E-state index in [2.05, 4.69) is 90.1 Å². The summed E-state index contributed by atoms with van der Waals surface area (Å²) in [6, 6.07) is 36.5. The van der Waals surface area contributed by atoms with Crippen LogP contribution in [0.4, 0.5) is 11.4 Å². The number of anilines is 2. The highest BCUT2D eigenvalue weighted by atomic mass is 16.2. The summed E-state index contributed by atoms with van der Waals surface area (Å²) in [5.41, 5.74) is 7.28. The van der Waals surface area contributed by atoms with E-state index in [4.69, 9.17) is 0 Å². The van der Waals surface area contributed by atoms with Crippen LogP contribution in [-0.2, 0) is 0 Å². The van der Waals surface area contributed by atoms with Gasteiger partial charge in [-0.1, -0.05) is 126 Å². The number of benzene rings is 10. The normalized spacial score (nSPS) is 14.5. The van der Waals surface area contributed by atoms with Crippen LogP contribution in [-0.4, -0.2) is 23.6 Å². The highest BCUT2D eigenvalue weighted by Crippen LogP contribution is 2.51. The van der Waals surface area contributed by atoms with Crippen molar-refractivity contribution < 1.29 is 19.2 Å². The zero-order valence-electron chi connectivity index (χ0n) is 35.7. The molecule has 6 nitrogen and oxygen atoms in total.